The Kier molecular flexibility index (Phi) is 3.55. The number of aliphatic hydroxyl groups excluding tert-OH is 1. The van der Waals surface area contributed by atoms with Crippen LogP contribution in [0.1, 0.15) is 6.42 Å². The molecule has 115 valence electrons. The first kappa shape index (κ1) is 14.0. The molecule has 4 rings (SSSR count). The van der Waals surface area contributed by atoms with Gasteiger partial charge in [0.25, 0.3) is 0 Å². The van der Waals surface area contributed by atoms with Gasteiger partial charge in [0.15, 0.2) is 0 Å². The molecule has 0 spiro atoms. The van der Waals surface area contributed by atoms with E-state index in [0.29, 0.717) is 6.54 Å². The average Bonchev–Trinajstić information content (AvgIpc) is 3.02. The van der Waals surface area contributed by atoms with Crippen LogP contribution >= 0.6 is 0 Å². The molecule has 1 unspecified atom stereocenters. The number of hydrogen-bond donors (Lipinski definition) is 2. The van der Waals surface area contributed by atoms with Crippen molar-refractivity contribution in [3.8, 4) is 0 Å². The van der Waals surface area contributed by atoms with Crippen molar-refractivity contribution >= 4 is 28.1 Å². The molecule has 1 aliphatic heterocycles. The fourth-order valence-corrected chi connectivity index (χ4v) is 2.86. The molecule has 1 saturated heterocycles. The molecule has 1 aromatic carbocycles. The monoisotopic (exact) mass is 305 g/mol. The van der Waals surface area contributed by atoms with Gasteiger partial charge in [0.2, 0.25) is 0 Å². The summed E-state index contributed by atoms with van der Waals surface area (Å²) >= 11 is 0. The van der Waals surface area contributed by atoms with E-state index in [4.69, 9.17) is 0 Å². The standard InChI is InChI=1S/C18H17N4O/c23-16-7-9-22(12-16)18-6-4-15(11-20-18)21-14-3-5-17-13(10-14)2-1-8-19-17/h2-6,8,10-11,16,21,23H,7,9,12H2. The molecule has 5 nitrogen and oxygen atoms in total. The molecule has 0 amide bonds. The van der Waals surface area contributed by atoms with Crippen LogP contribution in [-0.4, -0.2) is 34.3 Å². The van der Waals surface area contributed by atoms with Crippen molar-refractivity contribution in [1.29, 1.82) is 0 Å². The number of fused-ring (bicyclic) bond motifs is 1. The van der Waals surface area contributed by atoms with Crippen molar-refractivity contribution in [2.75, 3.05) is 23.3 Å². The lowest BCUT2D eigenvalue weighted by Crippen LogP contribution is -2.21. The molecule has 0 saturated carbocycles. The van der Waals surface area contributed by atoms with Crippen molar-refractivity contribution in [2.45, 2.75) is 12.5 Å². The van der Waals surface area contributed by atoms with Gasteiger partial charge in [-0.25, -0.2) is 4.98 Å². The van der Waals surface area contributed by atoms with Gasteiger partial charge in [0.1, 0.15) is 5.82 Å². The van der Waals surface area contributed by atoms with Gasteiger partial charge in [0, 0.05) is 36.4 Å². The number of β-amino-alcohol motifs (C(OH)–C–C–N with tert-alkyl or cyclic N) is 1. The summed E-state index contributed by atoms with van der Waals surface area (Å²) in [5.74, 6) is 0.907. The van der Waals surface area contributed by atoms with E-state index in [-0.39, 0.29) is 6.10 Å². The Morgan fingerprint density at radius 3 is 2.87 bits per heavy atom. The summed E-state index contributed by atoms with van der Waals surface area (Å²) in [7, 11) is 0. The Morgan fingerprint density at radius 1 is 1.17 bits per heavy atom. The van der Waals surface area contributed by atoms with Crippen molar-refractivity contribution in [3.63, 3.8) is 0 Å². The Labute approximate surface area is 134 Å². The number of anilines is 3. The molecule has 3 heterocycles. The van der Waals surface area contributed by atoms with Crippen LogP contribution in [0.15, 0.2) is 48.8 Å². The fraction of sp³-hybridized carbons (Fsp3) is 0.222. The van der Waals surface area contributed by atoms with Gasteiger partial charge in [-0.2, -0.15) is 0 Å². The van der Waals surface area contributed by atoms with Crippen molar-refractivity contribution in [2.24, 2.45) is 0 Å². The van der Waals surface area contributed by atoms with E-state index in [2.05, 4.69) is 26.3 Å². The third kappa shape index (κ3) is 2.96. The van der Waals surface area contributed by atoms with Crippen molar-refractivity contribution in [3.05, 3.63) is 54.9 Å². The molecule has 1 aliphatic rings. The summed E-state index contributed by atoms with van der Waals surface area (Å²) in [5, 5.41) is 14.0. The number of nitrogens with one attached hydrogen (secondary N) is 1. The minimum absolute atomic E-state index is 0.238. The maximum Gasteiger partial charge on any atom is 0.128 e. The SMILES string of the molecule is OC1CCN(c2ccc(Nc3ccc4nc[c]cc4c3)cn2)C1. The largest absolute Gasteiger partial charge is 0.391 e. The van der Waals surface area contributed by atoms with Gasteiger partial charge in [-0.1, -0.05) is 0 Å². The number of nitrogens with zero attached hydrogens (tertiary/aromatic N) is 3. The molecule has 1 atom stereocenters. The molecule has 2 aromatic heterocycles. The molecule has 1 fully saturated rings. The van der Waals surface area contributed by atoms with Gasteiger partial charge < -0.3 is 15.3 Å². The zero-order valence-electron chi connectivity index (χ0n) is 12.6. The van der Waals surface area contributed by atoms with Gasteiger partial charge in [-0.15, -0.1) is 0 Å². The zero-order valence-corrected chi connectivity index (χ0v) is 12.6. The first-order chi connectivity index (χ1) is 11.3. The molecule has 3 aromatic rings. The number of aromatic nitrogens is 2. The van der Waals surface area contributed by atoms with Crippen LogP contribution in [0.25, 0.3) is 10.9 Å². The lowest BCUT2D eigenvalue weighted by atomic mass is 10.2. The normalized spacial score (nSPS) is 17.6. The van der Waals surface area contributed by atoms with Crippen LogP contribution in [0.3, 0.4) is 0 Å². The quantitative estimate of drug-likeness (QED) is 0.779. The molecule has 23 heavy (non-hydrogen) atoms. The molecule has 1 radical (unpaired) electrons. The number of aliphatic hydroxyl groups is 1. The zero-order chi connectivity index (χ0) is 15.6. The van der Waals surface area contributed by atoms with Crippen LogP contribution in [0, 0.1) is 6.07 Å². The van der Waals surface area contributed by atoms with Crippen LogP contribution < -0.4 is 10.2 Å². The van der Waals surface area contributed by atoms with Gasteiger partial charge in [-0.05, 0) is 42.8 Å². The predicted octanol–water partition coefficient (Wildman–Crippen LogP) is 2.74. The fourth-order valence-electron chi connectivity index (χ4n) is 2.86. The molecular weight excluding hydrogens is 288 g/mol. The maximum atomic E-state index is 9.61. The van der Waals surface area contributed by atoms with E-state index in [1.807, 2.05) is 42.6 Å². The summed E-state index contributed by atoms with van der Waals surface area (Å²) in [6.45, 7) is 1.52. The van der Waals surface area contributed by atoms with E-state index in [9.17, 15) is 5.11 Å². The highest BCUT2D eigenvalue weighted by molar-refractivity contribution is 5.83. The van der Waals surface area contributed by atoms with E-state index in [1.54, 1.807) is 6.20 Å². The Morgan fingerprint density at radius 2 is 2.09 bits per heavy atom. The summed E-state index contributed by atoms with van der Waals surface area (Å²) in [4.78, 5) is 10.9. The number of rotatable bonds is 3. The Balaban J connectivity index is 1.51. The third-order valence-electron chi connectivity index (χ3n) is 4.07. The van der Waals surface area contributed by atoms with E-state index >= 15 is 0 Å². The Bertz CT molecular complexity index is 819. The van der Waals surface area contributed by atoms with Gasteiger partial charge in [-0.3, -0.25) is 4.98 Å². The topological polar surface area (TPSA) is 61.3 Å². The minimum Gasteiger partial charge on any atom is -0.391 e. The second-order valence-corrected chi connectivity index (χ2v) is 5.76. The molecule has 2 N–H and O–H groups in total. The first-order valence-electron chi connectivity index (χ1n) is 7.70. The smallest absolute Gasteiger partial charge is 0.128 e. The second-order valence-electron chi connectivity index (χ2n) is 5.76. The summed E-state index contributed by atoms with van der Waals surface area (Å²) in [6, 6.07) is 14.9. The molecular formula is C18H17N4O. The lowest BCUT2D eigenvalue weighted by Gasteiger charge is -2.17. The first-order valence-corrected chi connectivity index (χ1v) is 7.70. The molecule has 0 aliphatic carbocycles. The second kappa shape index (κ2) is 5.85. The lowest BCUT2D eigenvalue weighted by molar-refractivity contribution is 0.198. The van der Waals surface area contributed by atoms with Crippen molar-refractivity contribution < 1.29 is 5.11 Å². The molecule has 0 bridgehead atoms. The number of pyridine rings is 2. The highest BCUT2D eigenvalue weighted by atomic mass is 16.3. The van der Waals surface area contributed by atoms with E-state index in [0.717, 1.165) is 41.1 Å². The number of hydrogen-bond acceptors (Lipinski definition) is 5. The molecule has 5 heteroatoms. The van der Waals surface area contributed by atoms with Gasteiger partial charge >= 0.3 is 0 Å². The number of benzene rings is 1. The summed E-state index contributed by atoms with van der Waals surface area (Å²) in [5.41, 5.74) is 2.88. The predicted molar refractivity (Wildman–Crippen MR) is 90.9 cm³/mol. The average molecular weight is 305 g/mol. The van der Waals surface area contributed by atoms with Crippen LogP contribution in [0.4, 0.5) is 17.2 Å². The summed E-state index contributed by atoms with van der Waals surface area (Å²) in [6.07, 6.45) is 4.06. The van der Waals surface area contributed by atoms with Crippen molar-refractivity contribution in [1.82, 2.24) is 9.97 Å². The van der Waals surface area contributed by atoms with Gasteiger partial charge in [0.05, 0.1) is 23.5 Å². The van der Waals surface area contributed by atoms with Crippen LogP contribution in [-0.2, 0) is 0 Å². The third-order valence-corrected chi connectivity index (χ3v) is 4.07. The summed E-state index contributed by atoms with van der Waals surface area (Å²) < 4.78 is 0. The van der Waals surface area contributed by atoms with E-state index < -0.39 is 0 Å². The Hall–Kier alpha value is -2.66. The minimum atomic E-state index is -0.238. The highest BCUT2D eigenvalue weighted by Crippen LogP contribution is 2.23. The van der Waals surface area contributed by atoms with Crippen LogP contribution in [0.5, 0.6) is 0 Å². The maximum absolute atomic E-state index is 9.61. The highest BCUT2D eigenvalue weighted by Gasteiger charge is 2.20. The van der Waals surface area contributed by atoms with E-state index in [1.165, 1.54) is 0 Å². The van der Waals surface area contributed by atoms with Crippen LogP contribution in [0.2, 0.25) is 0 Å².